The van der Waals surface area contributed by atoms with Crippen molar-refractivity contribution >= 4 is 23.3 Å². The molecular formula is C17H24N2O4. The third kappa shape index (κ3) is 6.42. The predicted molar refractivity (Wildman–Crippen MR) is 89.8 cm³/mol. The standard InChI is InChI=1S/C17H24N2O4/c1-12(2)16(20)22-10-5-3-4-6-11-23-17(21)15-13(18)8-7-9-14(15)19/h7-9H,1,3-6,10-11,18-19H2,2H3. The van der Waals surface area contributed by atoms with E-state index in [0.29, 0.717) is 30.2 Å². The van der Waals surface area contributed by atoms with Gasteiger partial charge in [-0.1, -0.05) is 12.6 Å². The summed E-state index contributed by atoms with van der Waals surface area (Å²) >= 11 is 0. The first-order chi connectivity index (χ1) is 10.9. The number of rotatable bonds is 9. The molecule has 0 fully saturated rings. The van der Waals surface area contributed by atoms with Crippen LogP contribution in [0.2, 0.25) is 0 Å². The summed E-state index contributed by atoms with van der Waals surface area (Å²) in [7, 11) is 0. The number of carbonyl (C=O) groups excluding carboxylic acids is 2. The number of benzene rings is 1. The zero-order valence-electron chi connectivity index (χ0n) is 13.5. The number of nitrogen functional groups attached to an aromatic ring is 2. The Bertz CT molecular complexity index is 549. The van der Waals surface area contributed by atoms with E-state index < -0.39 is 5.97 Å². The molecule has 0 saturated carbocycles. The molecule has 4 N–H and O–H groups in total. The van der Waals surface area contributed by atoms with E-state index in [2.05, 4.69) is 6.58 Å². The molecule has 0 spiro atoms. The summed E-state index contributed by atoms with van der Waals surface area (Å²) < 4.78 is 10.2. The SMILES string of the molecule is C=C(C)C(=O)OCCCCCCOC(=O)c1c(N)cccc1N. The van der Waals surface area contributed by atoms with Gasteiger partial charge in [0.15, 0.2) is 0 Å². The van der Waals surface area contributed by atoms with Crippen molar-refractivity contribution in [3.05, 3.63) is 35.9 Å². The lowest BCUT2D eigenvalue weighted by Crippen LogP contribution is -2.12. The molecule has 0 unspecified atom stereocenters. The number of unbranched alkanes of at least 4 members (excludes halogenated alkanes) is 3. The van der Waals surface area contributed by atoms with Crippen LogP contribution in [-0.2, 0) is 14.3 Å². The molecule has 0 heterocycles. The molecule has 0 aromatic heterocycles. The van der Waals surface area contributed by atoms with E-state index in [4.69, 9.17) is 20.9 Å². The van der Waals surface area contributed by atoms with E-state index >= 15 is 0 Å². The van der Waals surface area contributed by atoms with Crippen molar-refractivity contribution in [3.63, 3.8) is 0 Å². The smallest absolute Gasteiger partial charge is 0.342 e. The quantitative estimate of drug-likeness (QED) is 0.314. The van der Waals surface area contributed by atoms with Crippen LogP contribution >= 0.6 is 0 Å². The van der Waals surface area contributed by atoms with E-state index in [9.17, 15) is 9.59 Å². The Morgan fingerprint density at radius 1 is 1.00 bits per heavy atom. The van der Waals surface area contributed by atoms with Gasteiger partial charge in [-0.3, -0.25) is 0 Å². The topological polar surface area (TPSA) is 105 Å². The number of ether oxygens (including phenoxy) is 2. The van der Waals surface area contributed by atoms with Crippen molar-refractivity contribution in [1.82, 2.24) is 0 Å². The lowest BCUT2D eigenvalue weighted by molar-refractivity contribution is -0.139. The number of anilines is 2. The number of esters is 2. The first-order valence-corrected chi connectivity index (χ1v) is 7.57. The summed E-state index contributed by atoms with van der Waals surface area (Å²) in [6, 6.07) is 4.90. The molecule has 1 aromatic carbocycles. The molecular weight excluding hydrogens is 296 g/mol. The van der Waals surface area contributed by atoms with Crippen molar-refractivity contribution in [3.8, 4) is 0 Å². The molecule has 6 heteroatoms. The van der Waals surface area contributed by atoms with Crippen molar-refractivity contribution < 1.29 is 19.1 Å². The molecule has 0 atom stereocenters. The van der Waals surface area contributed by atoms with E-state index in [0.717, 1.165) is 25.7 Å². The Morgan fingerprint density at radius 2 is 1.52 bits per heavy atom. The molecule has 1 aromatic rings. The molecule has 0 amide bonds. The number of nitrogens with two attached hydrogens (primary N) is 2. The second-order valence-electron chi connectivity index (χ2n) is 5.28. The maximum absolute atomic E-state index is 11.9. The van der Waals surface area contributed by atoms with Gasteiger partial charge in [0, 0.05) is 16.9 Å². The van der Waals surface area contributed by atoms with Gasteiger partial charge in [-0.2, -0.15) is 0 Å². The summed E-state index contributed by atoms with van der Waals surface area (Å²) in [6.45, 7) is 5.80. The van der Waals surface area contributed by atoms with E-state index in [1.165, 1.54) is 0 Å². The predicted octanol–water partition coefficient (Wildman–Crippen LogP) is 2.69. The van der Waals surface area contributed by atoms with Crippen LogP contribution in [-0.4, -0.2) is 25.2 Å². The fraction of sp³-hybridized carbons (Fsp3) is 0.412. The average molecular weight is 320 g/mol. The van der Waals surface area contributed by atoms with Crippen molar-refractivity contribution in [1.29, 1.82) is 0 Å². The Balaban J connectivity index is 2.15. The van der Waals surface area contributed by atoms with Gasteiger partial charge in [0.1, 0.15) is 5.56 Å². The van der Waals surface area contributed by atoms with E-state index in [1.54, 1.807) is 25.1 Å². The third-order valence-corrected chi connectivity index (χ3v) is 3.19. The number of hydrogen-bond acceptors (Lipinski definition) is 6. The van der Waals surface area contributed by atoms with Gasteiger partial charge in [-0.15, -0.1) is 0 Å². The van der Waals surface area contributed by atoms with Crippen LogP contribution in [0, 0.1) is 0 Å². The minimum Gasteiger partial charge on any atom is -0.462 e. The second-order valence-corrected chi connectivity index (χ2v) is 5.28. The Kier molecular flexibility index (Phi) is 7.66. The highest BCUT2D eigenvalue weighted by Gasteiger charge is 2.14. The monoisotopic (exact) mass is 320 g/mol. The van der Waals surface area contributed by atoms with Crippen LogP contribution in [0.4, 0.5) is 11.4 Å². The zero-order chi connectivity index (χ0) is 17.2. The van der Waals surface area contributed by atoms with Crippen LogP contribution in [0.5, 0.6) is 0 Å². The normalized spacial score (nSPS) is 10.1. The van der Waals surface area contributed by atoms with Gasteiger partial charge in [-0.05, 0) is 44.7 Å². The summed E-state index contributed by atoms with van der Waals surface area (Å²) in [6.07, 6.45) is 3.26. The Hall–Kier alpha value is -2.50. The van der Waals surface area contributed by atoms with Gasteiger partial charge in [0.2, 0.25) is 0 Å². The maximum Gasteiger partial charge on any atom is 0.342 e. The van der Waals surface area contributed by atoms with E-state index in [-0.39, 0.29) is 11.5 Å². The number of carbonyl (C=O) groups is 2. The van der Waals surface area contributed by atoms with Gasteiger partial charge < -0.3 is 20.9 Å². The molecule has 0 saturated heterocycles. The molecule has 1 rings (SSSR count). The molecule has 0 aliphatic carbocycles. The van der Waals surface area contributed by atoms with Gasteiger partial charge >= 0.3 is 11.9 Å². The molecule has 0 bridgehead atoms. The van der Waals surface area contributed by atoms with Crippen molar-refractivity contribution in [2.75, 3.05) is 24.7 Å². The lowest BCUT2D eigenvalue weighted by Gasteiger charge is -2.09. The zero-order valence-corrected chi connectivity index (χ0v) is 13.5. The first-order valence-electron chi connectivity index (χ1n) is 7.57. The fourth-order valence-corrected chi connectivity index (χ4v) is 1.91. The van der Waals surface area contributed by atoms with Crippen molar-refractivity contribution in [2.45, 2.75) is 32.6 Å². The Labute approximate surface area is 136 Å². The van der Waals surface area contributed by atoms with Crippen LogP contribution in [0.25, 0.3) is 0 Å². The largest absolute Gasteiger partial charge is 0.462 e. The fourth-order valence-electron chi connectivity index (χ4n) is 1.91. The van der Waals surface area contributed by atoms with Gasteiger partial charge in [-0.25, -0.2) is 9.59 Å². The molecule has 126 valence electrons. The van der Waals surface area contributed by atoms with Crippen LogP contribution in [0.1, 0.15) is 43.0 Å². The highest BCUT2D eigenvalue weighted by Crippen LogP contribution is 2.20. The highest BCUT2D eigenvalue weighted by atomic mass is 16.5. The van der Waals surface area contributed by atoms with Gasteiger partial charge in [0.05, 0.1) is 13.2 Å². The Morgan fingerprint density at radius 3 is 2.04 bits per heavy atom. The minimum atomic E-state index is -0.504. The third-order valence-electron chi connectivity index (χ3n) is 3.19. The van der Waals surface area contributed by atoms with E-state index in [1.807, 2.05) is 0 Å². The van der Waals surface area contributed by atoms with Crippen LogP contribution in [0.3, 0.4) is 0 Å². The highest BCUT2D eigenvalue weighted by molar-refractivity contribution is 6.00. The second kappa shape index (κ2) is 9.50. The maximum atomic E-state index is 11.9. The molecule has 0 aliphatic rings. The van der Waals surface area contributed by atoms with Crippen LogP contribution < -0.4 is 11.5 Å². The lowest BCUT2D eigenvalue weighted by atomic mass is 10.1. The number of hydrogen-bond donors (Lipinski definition) is 2. The van der Waals surface area contributed by atoms with Crippen molar-refractivity contribution in [2.24, 2.45) is 0 Å². The molecule has 0 aliphatic heterocycles. The molecule has 0 radical (unpaired) electrons. The summed E-state index contributed by atoms with van der Waals surface area (Å²) in [4.78, 5) is 23.1. The summed E-state index contributed by atoms with van der Waals surface area (Å²) in [5.74, 6) is -0.868. The summed E-state index contributed by atoms with van der Waals surface area (Å²) in [5, 5.41) is 0. The summed E-state index contributed by atoms with van der Waals surface area (Å²) in [5.41, 5.74) is 12.7. The molecule has 6 nitrogen and oxygen atoms in total. The van der Waals surface area contributed by atoms with Crippen LogP contribution in [0.15, 0.2) is 30.4 Å². The first kappa shape index (κ1) is 18.5. The molecule has 23 heavy (non-hydrogen) atoms. The minimum absolute atomic E-state index is 0.221. The average Bonchev–Trinajstić information content (AvgIpc) is 2.49. The van der Waals surface area contributed by atoms with Gasteiger partial charge in [0.25, 0.3) is 0 Å².